The maximum absolute atomic E-state index is 13.4. The summed E-state index contributed by atoms with van der Waals surface area (Å²) in [5.41, 5.74) is 5.74. The van der Waals surface area contributed by atoms with E-state index in [0.29, 0.717) is 0 Å². The number of carbonyl (C=O) groups excluding carboxylic acids is 2. The van der Waals surface area contributed by atoms with Crippen LogP contribution in [0.15, 0.2) is 140 Å². The predicted molar refractivity (Wildman–Crippen MR) is 158 cm³/mol. The normalized spacial score (nSPS) is 12.2. The van der Waals surface area contributed by atoms with Crippen LogP contribution in [0.2, 0.25) is 0 Å². The Hall–Kier alpha value is -5.16. The van der Waals surface area contributed by atoms with E-state index >= 15 is 0 Å². The lowest BCUT2D eigenvalue weighted by Crippen LogP contribution is -2.39. The van der Waals surface area contributed by atoms with Crippen LogP contribution in [0.1, 0.15) is 33.7 Å². The van der Waals surface area contributed by atoms with E-state index < -0.39 is 17.7 Å². The Kier molecular flexibility index (Phi) is 7.33. The second kappa shape index (κ2) is 11.5. The molecular weight excluding hydrogens is 510 g/mol. The molecule has 6 rings (SSSR count). The van der Waals surface area contributed by atoms with Crippen LogP contribution in [0, 0.1) is 0 Å². The zero-order valence-electron chi connectivity index (χ0n) is 22.4. The summed E-state index contributed by atoms with van der Waals surface area (Å²) >= 11 is 0. The number of carbonyl (C=O) groups is 2. The fourth-order valence-corrected chi connectivity index (χ4v) is 5.70. The number of hydrogen-bond donors (Lipinski definition) is 1. The maximum atomic E-state index is 13.4. The summed E-state index contributed by atoms with van der Waals surface area (Å²) in [5.74, 6) is -0.656. The van der Waals surface area contributed by atoms with Crippen LogP contribution in [-0.2, 0) is 19.9 Å². The highest BCUT2D eigenvalue weighted by Gasteiger charge is 2.40. The second-order valence-electron chi connectivity index (χ2n) is 9.93. The molecule has 1 amide bonds. The molecule has 1 aliphatic carbocycles. The largest absolute Gasteiger partial charge is 0.449 e. The highest BCUT2D eigenvalue weighted by atomic mass is 16.6. The minimum Gasteiger partial charge on any atom is -0.449 e. The summed E-state index contributed by atoms with van der Waals surface area (Å²) in [7, 11) is 0. The van der Waals surface area contributed by atoms with E-state index in [4.69, 9.17) is 9.47 Å². The van der Waals surface area contributed by atoms with Crippen LogP contribution in [0.25, 0.3) is 11.1 Å². The predicted octanol–water partition coefficient (Wildman–Crippen LogP) is 7.06. The molecule has 0 aromatic heterocycles. The molecule has 0 saturated carbocycles. The van der Waals surface area contributed by atoms with Crippen molar-refractivity contribution in [1.82, 2.24) is 5.32 Å². The third-order valence-electron chi connectivity index (χ3n) is 7.53. The lowest BCUT2D eigenvalue weighted by molar-refractivity contribution is -0.152. The van der Waals surface area contributed by atoms with Gasteiger partial charge in [-0.15, -0.1) is 0 Å². The van der Waals surface area contributed by atoms with Crippen molar-refractivity contribution in [3.63, 3.8) is 0 Å². The van der Waals surface area contributed by atoms with Crippen molar-refractivity contribution in [1.29, 1.82) is 0 Å². The highest BCUT2D eigenvalue weighted by molar-refractivity contribution is 5.80. The zero-order valence-corrected chi connectivity index (χ0v) is 22.4. The van der Waals surface area contributed by atoms with Crippen LogP contribution in [0.5, 0.6) is 0 Å². The second-order valence-corrected chi connectivity index (χ2v) is 9.93. The van der Waals surface area contributed by atoms with Gasteiger partial charge in [-0.25, -0.2) is 4.79 Å². The van der Waals surface area contributed by atoms with Crippen LogP contribution in [0.4, 0.5) is 4.79 Å². The van der Waals surface area contributed by atoms with Crippen molar-refractivity contribution in [2.45, 2.75) is 11.5 Å². The molecule has 0 unspecified atom stereocenters. The van der Waals surface area contributed by atoms with Crippen molar-refractivity contribution in [3.8, 4) is 11.1 Å². The van der Waals surface area contributed by atoms with E-state index in [1.54, 1.807) is 0 Å². The van der Waals surface area contributed by atoms with E-state index in [1.165, 1.54) is 0 Å². The number of hydrogen-bond acceptors (Lipinski definition) is 4. The van der Waals surface area contributed by atoms with E-state index in [9.17, 15) is 9.59 Å². The first-order chi connectivity index (χ1) is 20.2. The molecule has 0 heterocycles. The van der Waals surface area contributed by atoms with Crippen molar-refractivity contribution in [3.05, 3.63) is 167 Å². The molecule has 5 aromatic rings. The minimum atomic E-state index is -1.20. The molecule has 0 fully saturated rings. The van der Waals surface area contributed by atoms with Crippen molar-refractivity contribution in [2.24, 2.45) is 0 Å². The molecule has 5 heteroatoms. The van der Waals surface area contributed by atoms with Gasteiger partial charge in [0.1, 0.15) is 13.2 Å². The quantitative estimate of drug-likeness (QED) is 0.169. The third-order valence-corrected chi connectivity index (χ3v) is 7.53. The van der Waals surface area contributed by atoms with Crippen LogP contribution >= 0.6 is 0 Å². The first-order valence-corrected chi connectivity index (χ1v) is 13.6. The average Bonchev–Trinajstić information content (AvgIpc) is 3.36. The number of ether oxygens (including phenoxy) is 2. The van der Waals surface area contributed by atoms with Gasteiger partial charge in [0.15, 0.2) is 5.60 Å². The van der Waals surface area contributed by atoms with Gasteiger partial charge in [0.2, 0.25) is 0 Å². The zero-order chi connectivity index (χ0) is 28.1. The topological polar surface area (TPSA) is 64.6 Å². The molecule has 0 radical (unpaired) electrons. The van der Waals surface area contributed by atoms with Gasteiger partial charge < -0.3 is 14.8 Å². The molecule has 41 heavy (non-hydrogen) atoms. The number of benzene rings is 5. The lowest BCUT2D eigenvalue weighted by Gasteiger charge is -2.35. The fraction of sp³-hybridized carbons (Fsp3) is 0.111. The van der Waals surface area contributed by atoms with Gasteiger partial charge in [-0.1, -0.05) is 140 Å². The third kappa shape index (κ3) is 5.10. The Morgan fingerprint density at radius 1 is 0.585 bits per heavy atom. The first-order valence-electron chi connectivity index (χ1n) is 13.6. The van der Waals surface area contributed by atoms with Crippen LogP contribution in [0.3, 0.4) is 0 Å². The number of fused-ring (bicyclic) bond motifs is 3. The van der Waals surface area contributed by atoms with E-state index in [1.807, 2.05) is 115 Å². The summed E-state index contributed by atoms with van der Waals surface area (Å²) in [6, 6.07) is 45.2. The Labute approximate surface area is 239 Å². The molecule has 0 saturated heterocycles. The molecule has 5 nitrogen and oxygen atoms in total. The molecule has 5 aromatic carbocycles. The molecule has 0 aliphatic heterocycles. The monoisotopic (exact) mass is 539 g/mol. The molecule has 202 valence electrons. The first kappa shape index (κ1) is 26.1. The Bertz CT molecular complexity index is 1510. The van der Waals surface area contributed by atoms with E-state index in [2.05, 4.69) is 29.6 Å². The number of nitrogens with one attached hydrogen (secondary N) is 1. The summed E-state index contributed by atoms with van der Waals surface area (Å²) in [5, 5.41) is 2.60. The summed E-state index contributed by atoms with van der Waals surface area (Å²) < 4.78 is 11.9. The Morgan fingerprint density at radius 3 is 1.46 bits per heavy atom. The molecule has 0 atom stereocenters. The number of amides is 1. The van der Waals surface area contributed by atoms with Gasteiger partial charge in [0, 0.05) is 22.6 Å². The van der Waals surface area contributed by atoms with Crippen molar-refractivity contribution < 1.29 is 19.1 Å². The fourth-order valence-electron chi connectivity index (χ4n) is 5.70. The lowest BCUT2D eigenvalue weighted by atomic mass is 9.80. The van der Waals surface area contributed by atoms with E-state index in [0.717, 1.165) is 38.9 Å². The van der Waals surface area contributed by atoms with Gasteiger partial charge in [-0.3, -0.25) is 4.79 Å². The molecule has 0 spiro atoms. The van der Waals surface area contributed by atoms with Crippen molar-refractivity contribution >= 4 is 12.1 Å². The SMILES string of the molecule is O=C(CNC(=O)OCC1c2ccccc2-c2ccccc21)OC(c1ccccc1)(c1ccccc1)c1ccccc1. The van der Waals surface area contributed by atoms with Gasteiger partial charge in [0.25, 0.3) is 0 Å². The highest BCUT2D eigenvalue weighted by Crippen LogP contribution is 2.44. The standard InChI is InChI=1S/C36H29NO4/c38-34(24-37-35(39)40-25-33-31-22-12-10-20-29(31)30-21-11-13-23-32(30)33)41-36(26-14-4-1-5-15-26,27-16-6-2-7-17-27)28-18-8-3-9-19-28/h1-23,33H,24-25H2,(H,37,39). The van der Waals surface area contributed by atoms with Gasteiger partial charge in [-0.2, -0.15) is 0 Å². The number of rotatable bonds is 8. The van der Waals surface area contributed by atoms with Crippen molar-refractivity contribution in [2.75, 3.05) is 13.2 Å². The van der Waals surface area contributed by atoms with Gasteiger partial charge >= 0.3 is 12.1 Å². The summed E-state index contributed by atoms with van der Waals surface area (Å²) in [6.45, 7) is -0.179. The van der Waals surface area contributed by atoms with Crippen LogP contribution < -0.4 is 5.32 Å². The minimum absolute atomic E-state index is 0.0676. The van der Waals surface area contributed by atoms with Crippen LogP contribution in [-0.4, -0.2) is 25.2 Å². The maximum Gasteiger partial charge on any atom is 0.407 e. The van der Waals surface area contributed by atoms with Gasteiger partial charge in [0.05, 0.1) is 0 Å². The molecule has 1 N–H and O–H groups in total. The number of alkyl carbamates (subject to hydrolysis) is 1. The summed E-state index contributed by atoms with van der Waals surface area (Å²) in [6.07, 6.45) is -0.673. The van der Waals surface area contributed by atoms with E-state index in [-0.39, 0.29) is 19.1 Å². The molecule has 0 bridgehead atoms. The Morgan fingerprint density at radius 2 is 1.00 bits per heavy atom. The molecular formula is C36H29NO4. The smallest absolute Gasteiger partial charge is 0.407 e. The summed E-state index contributed by atoms with van der Waals surface area (Å²) in [4.78, 5) is 26.1. The Balaban J connectivity index is 1.19. The number of esters is 1. The average molecular weight is 540 g/mol. The van der Waals surface area contributed by atoms with Gasteiger partial charge in [-0.05, 0) is 22.3 Å². The molecule has 1 aliphatic rings.